The zero-order valence-electron chi connectivity index (χ0n) is 21.9. The van der Waals surface area contributed by atoms with Crippen LogP contribution in [0.4, 0.5) is 0 Å². The van der Waals surface area contributed by atoms with Gasteiger partial charge in [-0.15, -0.1) is 0 Å². The molecule has 39 heavy (non-hydrogen) atoms. The molecule has 200 valence electrons. The van der Waals surface area contributed by atoms with Crippen molar-refractivity contribution in [3.63, 3.8) is 0 Å². The van der Waals surface area contributed by atoms with E-state index in [0.29, 0.717) is 70.2 Å². The number of aromatic hydroxyl groups is 4. The average Bonchev–Trinajstić information content (AvgIpc) is 2.90. The molecular formula is C33H32O5S. The Balaban J connectivity index is 1.63. The van der Waals surface area contributed by atoms with Gasteiger partial charge in [0.2, 0.25) is 0 Å². The van der Waals surface area contributed by atoms with E-state index in [1.54, 1.807) is 6.92 Å². The van der Waals surface area contributed by atoms with Gasteiger partial charge in [-0.3, -0.25) is 4.79 Å². The zero-order valence-corrected chi connectivity index (χ0v) is 22.7. The SMILES string of the molecule is CC(=O)SCCCc1cc2c(O)c(c1)Cc1cccc(c1O)Cc1cccc(c1O)Cc1cccc(c1O)C2. The quantitative estimate of drug-likeness (QED) is 0.197. The summed E-state index contributed by atoms with van der Waals surface area (Å²) in [4.78, 5) is 11.3. The minimum atomic E-state index is 0.0976. The summed E-state index contributed by atoms with van der Waals surface area (Å²) in [6, 6.07) is 20.7. The number of thioether (sulfide) groups is 1. The summed E-state index contributed by atoms with van der Waals surface area (Å²) >= 11 is 1.31. The number of para-hydroxylation sites is 3. The summed E-state index contributed by atoms with van der Waals surface area (Å²) < 4.78 is 0. The number of fused-ring (bicyclic) bond motifs is 8. The molecule has 4 aromatic carbocycles. The molecule has 4 aromatic rings. The highest BCUT2D eigenvalue weighted by molar-refractivity contribution is 8.13. The first-order chi connectivity index (χ1) is 18.8. The number of phenols is 4. The third-order valence-corrected chi connectivity index (χ3v) is 8.28. The van der Waals surface area contributed by atoms with Crippen molar-refractivity contribution in [3.05, 3.63) is 117 Å². The van der Waals surface area contributed by atoms with Crippen LogP contribution in [-0.4, -0.2) is 31.3 Å². The highest BCUT2D eigenvalue weighted by Crippen LogP contribution is 2.37. The van der Waals surface area contributed by atoms with Crippen molar-refractivity contribution in [1.29, 1.82) is 0 Å². The Bertz CT molecular complexity index is 1440. The standard InChI is InChI=1S/C33H32O5S/c1-20(34)39-13-5-6-21-14-28-18-26-11-3-9-24(31(26)36)16-22-7-2-8-23(30(22)35)17-25-10-4-12-27(32(25)37)19-29(15-21)33(28)38/h2-4,7-12,14-15,35-38H,5-6,13,16-19H2,1H3. The maximum absolute atomic E-state index is 11.4. The van der Waals surface area contributed by atoms with Crippen LogP contribution in [0.1, 0.15) is 63.4 Å². The monoisotopic (exact) mass is 540 g/mol. The molecule has 0 heterocycles. The van der Waals surface area contributed by atoms with Crippen molar-refractivity contribution in [1.82, 2.24) is 0 Å². The predicted molar refractivity (Wildman–Crippen MR) is 155 cm³/mol. The van der Waals surface area contributed by atoms with Crippen molar-refractivity contribution in [2.45, 2.75) is 45.4 Å². The summed E-state index contributed by atoms with van der Waals surface area (Å²) in [7, 11) is 0. The molecule has 5 nitrogen and oxygen atoms in total. The Hall–Kier alpha value is -3.90. The van der Waals surface area contributed by atoms with Crippen molar-refractivity contribution < 1.29 is 25.2 Å². The van der Waals surface area contributed by atoms with Gasteiger partial charge in [0, 0.05) is 38.4 Å². The topological polar surface area (TPSA) is 98.0 Å². The number of hydrogen-bond donors (Lipinski definition) is 4. The summed E-state index contributed by atoms with van der Waals surface area (Å²) in [6.07, 6.45) is 2.90. The van der Waals surface area contributed by atoms with Gasteiger partial charge in [-0.1, -0.05) is 78.5 Å². The summed E-state index contributed by atoms with van der Waals surface area (Å²) in [5.41, 5.74) is 6.56. The molecule has 0 saturated carbocycles. The highest BCUT2D eigenvalue weighted by atomic mass is 32.2. The van der Waals surface area contributed by atoms with Crippen molar-refractivity contribution in [2.75, 3.05) is 5.75 Å². The van der Waals surface area contributed by atoms with Gasteiger partial charge < -0.3 is 20.4 Å². The first kappa shape index (κ1) is 26.7. The Morgan fingerprint density at radius 3 is 1.31 bits per heavy atom. The largest absolute Gasteiger partial charge is 0.507 e. The molecule has 1 aliphatic carbocycles. The minimum Gasteiger partial charge on any atom is -0.507 e. The summed E-state index contributed by atoms with van der Waals surface area (Å²) in [5.74, 6) is 1.35. The Labute approximate surface area is 232 Å². The van der Waals surface area contributed by atoms with E-state index in [9.17, 15) is 25.2 Å². The predicted octanol–water partition coefficient (Wildman–Crippen LogP) is 6.40. The molecule has 0 aromatic heterocycles. The van der Waals surface area contributed by atoms with Gasteiger partial charge >= 0.3 is 0 Å². The van der Waals surface area contributed by atoms with Gasteiger partial charge in [0.1, 0.15) is 23.0 Å². The lowest BCUT2D eigenvalue weighted by Gasteiger charge is -2.18. The van der Waals surface area contributed by atoms with Gasteiger partial charge in [-0.2, -0.15) is 0 Å². The first-order valence-electron chi connectivity index (χ1n) is 13.2. The molecule has 4 N–H and O–H groups in total. The Kier molecular flexibility index (Phi) is 7.84. The van der Waals surface area contributed by atoms with E-state index in [2.05, 4.69) is 0 Å². The van der Waals surface area contributed by atoms with Crippen LogP contribution in [0.5, 0.6) is 23.0 Å². The van der Waals surface area contributed by atoms with Crippen LogP contribution in [-0.2, 0) is 36.9 Å². The number of rotatable bonds is 4. The fourth-order valence-corrected chi connectivity index (χ4v) is 5.92. The number of carbonyl (C=O) groups excluding carboxylic acids is 1. The van der Waals surface area contributed by atoms with Crippen LogP contribution >= 0.6 is 11.8 Å². The van der Waals surface area contributed by atoms with E-state index >= 15 is 0 Å². The number of hydrogen-bond acceptors (Lipinski definition) is 6. The van der Waals surface area contributed by atoms with Crippen LogP contribution in [0.15, 0.2) is 66.7 Å². The van der Waals surface area contributed by atoms with E-state index < -0.39 is 0 Å². The van der Waals surface area contributed by atoms with E-state index in [-0.39, 0.29) is 28.1 Å². The summed E-state index contributed by atoms with van der Waals surface area (Å²) in [6.45, 7) is 1.57. The van der Waals surface area contributed by atoms with Crippen molar-refractivity contribution >= 4 is 16.9 Å². The van der Waals surface area contributed by atoms with Gasteiger partial charge in [-0.25, -0.2) is 0 Å². The van der Waals surface area contributed by atoms with Crippen molar-refractivity contribution in [2.24, 2.45) is 0 Å². The fourth-order valence-electron chi connectivity index (χ4n) is 5.35. The maximum atomic E-state index is 11.4. The second-order valence-corrected chi connectivity index (χ2v) is 11.5. The molecule has 0 fully saturated rings. The molecule has 0 unspecified atom stereocenters. The Morgan fingerprint density at radius 1 is 0.615 bits per heavy atom. The molecule has 0 spiro atoms. The molecule has 0 aliphatic heterocycles. The molecule has 8 bridgehead atoms. The van der Waals surface area contributed by atoms with E-state index in [1.807, 2.05) is 66.7 Å². The van der Waals surface area contributed by atoms with E-state index in [4.69, 9.17) is 0 Å². The lowest BCUT2D eigenvalue weighted by Crippen LogP contribution is -2.02. The molecule has 5 rings (SSSR count). The lowest BCUT2D eigenvalue weighted by atomic mass is 9.90. The molecule has 1 aliphatic rings. The zero-order chi connectivity index (χ0) is 27.5. The molecule has 0 radical (unpaired) electrons. The van der Waals surface area contributed by atoms with Gasteiger partial charge in [0.25, 0.3) is 0 Å². The first-order valence-corrected chi connectivity index (χ1v) is 14.1. The lowest BCUT2D eigenvalue weighted by molar-refractivity contribution is -0.109. The number of phenolic OH excluding ortho intramolecular Hbond substituents is 4. The number of carbonyl (C=O) groups is 1. The number of benzene rings is 4. The second kappa shape index (κ2) is 11.5. The molecular weight excluding hydrogens is 508 g/mol. The van der Waals surface area contributed by atoms with Crippen LogP contribution < -0.4 is 0 Å². The second-order valence-electron chi connectivity index (χ2n) is 10.2. The third-order valence-electron chi connectivity index (χ3n) is 7.38. The fraction of sp³-hybridized carbons (Fsp3) is 0.242. The maximum Gasteiger partial charge on any atom is 0.185 e. The summed E-state index contributed by atoms with van der Waals surface area (Å²) in [5, 5.41) is 45.0. The molecule has 0 amide bonds. The van der Waals surface area contributed by atoms with Gasteiger partial charge in [0.15, 0.2) is 5.12 Å². The van der Waals surface area contributed by atoms with Crippen LogP contribution in [0.3, 0.4) is 0 Å². The van der Waals surface area contributed by atoms with Gasteiger partial charge in [0.05, 0.1) is 0 Å². The number of aryl methyl sites for hydroxylation is 1. The van der Waals surface area contributed by atoms with Gasteiger partial charge in [-0.05, 0) is 62.9 Å². The van der Waals surface area contributed by atoms with E-state index in [0.717, 1.165) is 24.2 Å². The minimum absolute atomic E-state index is 0.0976. The average molecular weight is 541 g/mol. The van der Waals surface area contributed by atoms with Crippen molar-refractivity contribution in [3.8, 4) is 23.0 Å². The highest BCUT2D eigenvalue weighted by Gasteiger charge is 2.19. The van der Waals surface area contributed by atoms with Crippen LogP contribution in [0, 0.1) is 0 Å². The van der Waals surface area contributed by atoms with E-state index in [1.165, 1.54) is 11.8 Å². The smallest absolute Gasteiger partial charge is 0.185 e. The normalized spacial score (nSPS) is 12.7. The Morgan fingerprint density at radius 2 is 0.949 bits per heavy atom. The van der Waals surface area contributed by atoms with Crippen LogP contribution in [0.2, 0.25) is 0 Å². The van der Waals surface area contributed by atoms with Crippen LogP contribution in [0.25, 0.3) is 0 Å². The molecule has 0 saturated heterocycles. The molecule has 0 atom stereocenters. The molecule has 6 heteroatoms. The third kappa shape index (κ3) is 5.91.